The summed E-state index contributed by atoms with van der Waals surface area (Å²) < 4.78 is 0.974. The number of halogens is 1. The molecule has 2 amide bonds. The molecule has 5 nitrogen and oxygen atoms in total. The second-order valence-electron chi connectivity index (χ2n) is 7.07. The SMILES string of the molecule is CC[NH+](CC(=O)N[C@@H](C)c1ccccc1Br)CC(=O)NC(C)(C)C. The number of rotatable bonds is 7. The van der Waals surface area contributed by atoms with Gasteiger partial charge in [0.05, 0.1) is 12.6 Å². The molecule has 1 unspecified atom stereocenters. The summed E-state index contributed by atoms with van der Waals surface area (Å²) in [4.78, 5) is 25.3. The van der Waals surface area contributed by atoms with Gasteiger partial charge in [-0.1, -0.05) is 34.1 Å². The van der Waals surface area contributed by atoms with E-state index in [0.717, 1.165) is 14.9 Å². The van der Waals surface area contributed by atoms with E-state index >= 15 is 0 Å². The van der Waals surface area contributed by atoms with E-state index in [4.69, 9.17) is 0 Å². The minimum Gasteiger partial charge on any atom is -0.347 e. The zero-order valence-corrected chi connectivity index (χ0v) is 16.8. The highest BCUT2D eigenvalue weighted by molar-refractivity contribution is 9.10. The molecule has 0 saturated heterocycles. The highest BCUT2D eigenvalue weighted by atomic mass is 79.9. The first kappa shape index (κ1) is 20.6. The van der Waals surface area contributed by atoms with Crippen LogP contribution in [0.2, 0.25) is 0 Å². The molecule has 1 rings (SSSR count). The molecular formula is C18H29BrN3O2+. The van der Waals surface area contributed by atoms with E-state index in [2.05, 4.69) is 26.6 Å². The van der Waals surface area contributed by atoms with Crippen LogP contribution < -0.4 is 15.5 Å². The van der Waals surface area contributed by atoms with Gasteiger partial charge in [-0.3, -0.25) is 9.59 Å². The summed E-state index contributed by atoms with van der Waals surface area (Å²) >= 11 is 3.50. The second-order valence-corrected chi connectivity index (χ2v) is 7.92. The van der Waals surface area contributed by atoms with Gasteiger partial charge in [-0.2, -0.15) is 0 Å². The Labute approximate surface area is 153 Å². The summed E-state index contributed by atoms with van der Waals surface area (Å²) in [5.41, 5.74) is 0.779. The van der Waals surface area contributed by atoms with Gasteiger partial charge in [0.2, 0.25) is 0 Å². The fourth-order valence-corrected chi connectivity index (χ4v) is 3.05. The third-order valence-electron chi connectivity index (χ3n) is 3.58. The number of carbonyl (C=O) groups is 2. The van der Waals surface area contributed by atoms with Crippen molar-refractivity contribution in [2.75, 3.05) is 19.6 Å². The second kappa shape index (κ2) is 9.18. The molecule has 0 aliphatic carbocycles. The van der Waals surface area contributed by atoms with E-state index in [9.17, 15) is 9.59 Å². The summed E-state index contributed by atoms with van der Waals surface area (Å²) in [6, 6.07) is 7.74. The summed E-state index contributed by atoms with van der Waals surface area (Å²) in [7, 11) is 0. The Morgan fingerprint density at radius 1 is 1.17 bits per heavy atom. The maximum absolute atomic E-state index is 12.3. The Balaban J connectivity index is 2.55. The smallest absolute Gasteiger partial charge is 0.275 e. The fraction of sp³-hybridized carbons (Fsp3) is 0.556. The van der Waals surface area contributed by atoms with Crippen molar-refractivity contribution in [1.82, 2.24) is 10.6 Å². The van der Waals surface area contributed by atoms with E-state index in [-0.39, 0.29) is 29.9 Å². The van der Waals surface area contributed by atoms with Crippen molar-refractivity contribution < 1.29 is 14.5 Å². The first-order valence-electron chi connectivity index (χ1n) is 8.30. The van der Waals surface area contributed by atoms with Crippen LogP contribution in [-0.4, -0.2) is 37.0 Å². The van der Waals surface area contributed by atoms with Crippen molar-refractivity contribution in [3.8, 4) is 0 Å². The Morgan fingerprint density at radius 3 is 2.29 bits per heavy atom. The van der Waals surface area contributed by atoms with E-state index in [1.165, 1.54) is 0 Å². The molecule has 0 aliphatic rings. The van der Waals surface area contributed by atoms with Crippen LogP contribution in [0.15, 0.2) is 28.7 Å². The molecule has 0 fully saturated rings. The number of amides is 2. The number of likely N-dealkylation sites (N-methyl/N-ethyl adjacent to an activating group) is 1. The average Bonchev–Trinajstić information content (AvgIpc) is 2.44. The molecular weight excluding hydrogens is 370 g/mol. The third-order valence-corrected chi connectivity index (χ3v) is 4.31. The molecule has 1 aromatic rings. The molecule has 0 bridgehead atoms. The quantitative estimate of drug-likeness (QED) is 0.650. The molecule has 2 atom stereocenters. The first-order valence-corrected chi connectivity index (χ1v) is 9.10. The van der Waals surface area contributed by atoms with Crippen molar-refractivity contribution in [3.05, 3.63) is 34.3 Å². The van der Waals surface area contributed by atoms with Gasteiger partial charge in [-0.05, 0) is 46.2 Å². The summed E-state index contributed by atoms with van der Waals surface area (Å²) in [6.45, 7) is 11.1. The Morgan fingerprint density at radius 2 is 1.75 bits per heavy atom. The van der Waals surface area contributed by atoms with Gasteiger partial charge in [0.1, 0.15) is 0 Å². The number of benzene rings is 1. The van der Waals surface area contributed by atoms with E-state index < -0.39 is 0 Å². The van der Waals surface area contributed by atoms with Crippen molar-refractivity contribution in [2.24, 2.45) is 0 Å². The number of hydrogen-bond donors (Lipinski definition) is 3. The van der Waals surface area contributed by atoms with E-state index in [1.807, 2.05) is 58.9 Å². The van der Waals surface area contributed by atoms with Gasteiger partial charge in [-0.15, -0.1) is 0 Å². The number of quaternary nitrogens is 1. The monoisotopic (exact) mass is 398 g/mol. The first-order chi connectivity index (χ1) is 11.1. The average molecular weight is 399 g/mol. The van der Waals surface area contributed by atoms with Gasteiger partial charge in [-0.25, -0.2) is 0 Å². The van der Waals surface area contributed by atoms with Crippen LogP contribution in [0.25, 0.3) is 0 Å². The van der Waals surface area contributed by atoms with Crippen LogP contribution >= 0.6 is 15.9 Å². The lowest BCUT2D eigenvalue weighted by Gasteiger charge is -2.23. The Kier molecular flexibility index (Phi) is 7.90. The topological polar surface area (TPSA) is 62.6 Å². The fourth-order valence-electron chi connectivity index (χ4n) is 2.43. The van der Waals surface area contributed by atoms with Crippen LogP contribution in [0.5, 0.6) is 0 Å². The predicted octanol–water partition coefficient (Wildman–Crippen LogP) is 1.45. The number of carbonyl (C=O) groups excluding carboxylic acids is 2. The molecule has 1 aromatic carbocycles. The molecule has 134 valence electrons. The van der Waals surface area contributed by atoms with Crippen LogP contribution in [0.1, 0.15) is 46.2 Å². The van der Waals surface area contributed by atoms with Crippen molar-refractivity contribution in [1.29, 1.82) is 0 Å². The number of nitrogens with one attached hydrogen (secondary N) is 3. The third kappa shape index (κ3) is 7.45. The summed E-state index contributed by atoms with van der Waals surface area (Å²) in [6.07, 6.45) is 0. The zero-order chi connectivity index (χ0) is 18.3. The van der Waals surface area contributed by atoms with E-state index in [0.29, 0.717) is 13.1 Å². The van der Waals surface area contributed by atoms with Crippen LogP contribution in [-0.2, 0) is 9.59 Å². The molecule has 0 aromatic heterocycles. The molecule has 24 heavy (non-hydrogen) atoms. The largest absolute Gasteiger partial charge is 0.347 e. The molecule has 6 heteroatoms. The van der Waals surface area contributed by atoms with Gasteiger partial charge in [0.15, 0.2) is 13.1 Å². The van der Waals surface area contributed by atoms with Gasteiger partial charge >= 0.3 is 0 Å². The maximum Gasteiger partial charge on any atom is 0.275 e. The van der Waals surface area contributed by atoms with Gasteiger partial charge in [0, 0.05) is 10.0 Å². The standard InChI is InChI=1S/C18H28BrN3O2/c1-6-22(12-17(24)21-18(3,4)5)11-16(23)20-13(2)14-9-7-8-10-15(14)19/h7-10,13H,6,11-12H2,1-5H3,(H,20,23)(H,21,24)/p+1/t13-/m0/s1. The number of hydrogen-bond acceptors (Lipinski definition) is 2. The highest BCUT2D eigenvalue weighted by Crippen LogP contribution is 2.22. The molecule has 0 saturated carbocycles. The van der Waals surface area contributed by atoms with Gasteiger partial charge in [0.25, 0.3) is 11.8 Å². The minimum absolute atomic E-state index is 0.0361. The lowest BCUT2D eigenvalue weighted by atomic mass is 10.1. The lowest BCUT2D eigenvalue weighted by Crippen LogP contribution is -3.14. The van der Waals surface area contributed by atoms with Crippen LogP contribution in [0.3, 0.4) is 0 Å². The normalized spacial score (nSPS) is 13.9. The molecule has 0 aliphatic heterocycles. The summed E-state index contributed by atoms with van der Waals surface area (Å²) in [5.74, 6) is -0.0929. The minimum atomic E-state index is -0.258. The molecule has 0 radical (unpaired) electrons. The van der Waals surface area contributed by atoms with Crippen molar-refractivity contribution in [3.63, 3.8) is 0 Å². The highest BCUT2D eigenvalue weighted by Gasteiger charge is 2.21. The molecule has 3 N–H and O–H groups in total. The van der Waals surface area contributed by atoms with Crippen LogP contribution in [0.4, 0.5) is 0 Å². The Bertz CT molecular complexity index is 570. The van der Waals surface area contributed by atoms with E-state index in [1.54, 1.807) is 0 Å². The predicted molar refractivity (Wildman–Crippen MR) is 99.8 cm³/mol. The molecule has 0 spiro atoms. The molecule has 0 heterocycles. The maximum atomic E-state index is 12.3. The van der Waals surface area contributed by atoms with Crippen molar-refractivity contribution in [2.45, 2.75) is 46.2 Å². The Hall–Kier alpha value is -1.40. The lowest BCUT2D eigenvalue weighted by molar-refractivity contribution is -0.881. The summed E-state index contributed by atoms with van der Waals surface area (Å²) in [5, 5.41) is 5.94. The zero-order valence-electron chi connectivity index (χ0n) is 15.2. The van der Waals surface area contributed by atoms with Crippen LogP contribution in [0, 0.1) is 0 Å². The van der Waals surface area contributed by atoms with Gasteiger partial charge < -0.3 is 15.5 Å². The van der Waals surface area contributed by atoms with Crippen molar-refractivity contribution >= 4 is 27.7 Å².